The van der Waals surface area contributed by atoms with Gasteiger partial charge in [-0.2, -0.15) is 0 Å². The van der Waals surface area contributed by atoms with Crippen LogP contribution >= 0.6 is 11.3 Å². The lowest BCUT2D eigenvalue weighted by Gasteiger charge is -2.19. The lowest BCUT2D eigenvalue weighted by molar-refractivity contribution is -0.127. The summed E-state index contributed by atoms with van der Waals surface area (Å²) in [6, 6.07) is 4.00. The van der Waals surface area contributed by atoms with Gasteiger partial charge in [0.15, 0.2) is 0 Å². The number of hydrogen-bond donors (Lipinski definition) is 1. The van der Waals surface area contributed by atoms with Crippen LogP contribution in [0.5, 0.6) is 0 Å². The van der Waals surface area contributed by atoms with Gasteiger partial charge in [0.1, 0.15) is 0 Å². The maximum Gasteiger partial charge on any atom is 0.246 e. The van der Waals surface area contributed by atoms with Gasteiger partial charge in [-0.25, -0.2) is 0 Å². The molecule has 0 atom stereocenters. The third kappa shape index (κ3) is 5.00. The smallest absolute Gasteiger partial charge is 0.246 e. The number of hydrogen-bond acceptors (Lipinski definition) is 4. The van der Waals surface area contributed by atoms with Crippen molar-refractivity contribution in [3.05, 3.63) is 28.0 Å². The second kappa shape index (κ2) is 8.02. The summed E-state index contributed by atoms with van der Waals surface area (Å²) in [6.07, 6.45) is 3.34. The normalized spacial score (nSPS) is 11.1. The molecule has 1 aromatic heterocycles. The topological polar surface area (TPSA) is 49.8 Å². The van der Waals surface area contributed by atoms with E-state index < -0.39 is 0 Å². The molecule has 5 heteroatoms. The van der Waals surface area contributed by atoms with Crippen LogP contribution in [0, 0.1) is 6.92 Å². The maximum atomic E-state index is 11.9. The summed E-state index contributed by atoms with van der Waals surface area (Å²) in [7, 11) is 1.59. The zero-order valence-corrected chi connectivity index (χ0v) is 11.6. The number of aliphatic hydroxyl groups is 1. The fraction of sp³-hybridized carbons (Fsp3) is 0.462. The lowest BCUT2D eigenvalue weighted by atomic mass is 10.3. The van der Waals surface area contributed by atoms with E-state index in [2.05, 4.69) is 0 Å². The van der Waals surface area contributed by atoms with E-state index >= 15 is 0 Å². The Morgan fingerprint density at radius 1 is 1.50 bits per heavy atom. The van der Waals surface area contributed by atoms with E-state index in [4.69, 9.17) is 9.84 Å². The van der Waals surface area contributed by atoms with Crippen molar-refractivity contribution >= 4 is 23.3 Å². The molecular weight excluding hydrogens is 250 g/mol. The summed E-state index contributed by atoms with van der Waals surface area (Å²) in [5, 5.41) is 8.92. The van der Waals surface area contributed by atoms with Crippen molar-refractivity contribution in [2.24, 2.45) is 0 Å². The van der Waals surface area contributed by atoms with Gasteiger partial charge in [-0.05, 0) is 25.1 Å². The van der Waals surface area contributed by atoms with Crippen LogP contribution in [0.2, 0.25) is 0 Å². The Hall–Kier alpha value is -1.17. The third-order valence-corrected chi connectivity index (χ3v) is 3.36. The number of aliphatic hydroxyl groups excluding tert-OH is 1. The highest BCUT2D eigenvalue weighted by Crippen LogP contribution is 2.16. The minimum absolute atomic E-state index is 0.0403. The molecule has 1 heterocycles. The van der Waals surface area contributed by atoms with E-state index in [1.165, 1.54) is 11.0 Å². The van der Waals surface area contributed by atoms with Crippen LogP contribution in [0.4, 0.5) is 0 Å². The first kappa shape index (κ1) is 14.9. The van der Waals surface area contributed by atoms with Gasteiger partial charge in [0.2, 0.25) is 5.91 Å². The monoisotopic (exact) mass is 269 g/mol. The summed E-state index contributed by atoms with van der Waals surface area (Å²) in [6.45, 7) is 3.28. The van der Waals surface area contributed by atoms with Crippen LogP contribution in [0.25, 0.3) is 6.08 Å². The Bertz CT molecular complexity index is 401. The Labute approximate surface area is 111 Å². The Balaban J connectivity index is 2.57. The second-order valence-electron chi connectivity index (χ2n) is 3.82. The van der Waals surface area contributed by atoms with Crippen molar-refractivity contribution in [2.75, 3.05) is 33.4 Å². The molecular formula is C13H19NO3S. The van der Waals surface area contributed by atoms with Crippen molar-refractivity contribution in [1.82, 2.24) is 4.90 Å². The molecule has 1 amide bonds. The van der Waals surface area contributed by atoms with Crippen molar-refractivity contribution in [2.45, 2.75) is 6.92 Å². The number of aryl methyl sites for hydroxylation is 1. The van der Waals surface area contributed by atoms with Gasteiger partial charge in [-0.3, -0.25) is 4.79 Å². The van der Waals surface area contributed by atoms with E-state index in [0.717, 1.165) is 4.88 Å². The number of amides is 1. The quantitative estimate of drug-likeness (QED) is 0.764. The molecule has 0 saturated carbocycles. The Kier molecular flexibility index (Phi) is 6.64. The van der Waals surface area contributed by atoms with Crippen molar-refractivity contribution in [3.63, 3.8) is 0 Å². The molecule has 1 N–H and O–H groups in total. The highest BCUT2D eigenvalue weighted by Gasteiger charge is 2.09. The molecule has 0 unspecified atom stereocenters. The molecule has 0 bridgehead atoms. The van der Waals surface area contributed by atoms with Crippen LogP contribution in [-0.4, -0.2) is 49.3 Å². The van der Waals surface area contributed by atoms with Crippen LogP contribution in [0.1, 0.15) is 9.75 Å². The van der Waals surface area contributed by atoms with Crippen LogP contribution in [0.15, 0.2) is 18.2 Å². The molecule has 0 spiro atoms. The van der Waals surface area contributed by atoms with E-state index in [9.17, 15) is 4.79 Å². The molecule has 1 rings (SSSR count). The van der Waals surface area contributed by atoms with Gasteiger partial charge in [0.05, 0.1) is 13.2 Å². The molecule has 0 saturated heterocycles. The summed E-state index contributed by atoms with van der Waals surface area (Å²) >= 11 is 1.64. The van der Waals surface area contributed by atoms with Crippen molar-refractivity contribution in [3.8, 4) is 0 Å². The van der Waals surface area contributed by atoms with Gasteiger partial charge in [-0.1, -0.05) is 0 Å². The number of ether oxygens (including phenoxy) is 1. The molecule has 0 aromatic carbocycles. The van der Waals surface area contributed by atoms with E-state index in [0.29, 0.717) is 19.7 Å². The average Bonchev–Trinajstić information content (AvgIpc) is 2.77. The fourth-order valence-corrected chi connectivity index (χ4v) is 2.24. The number of nitrogens with zero attached hydrogens (tertiary/aromatic N) is 1. The Morgan fingerprint density at radius 3 is 2.83 bits per heavy atom. The lowest BCUT2D eigenvalue weighted by Crippen LogP contribution is -2.34. The molecule has 0 aliphatic rings. The SMILES string of the molecule is COCCN(CCO)C(=O)/C=C/c1ccc(C)s1. The van der Waals surface area contributed by atoms with Gasteiger partial charge < -0.3 is 14.7 Å². The standard InChI is InChI=1S/C13H19NO3S/c1-11-3-4-12(18-11)5-6-13(16)14(7-9-15)8-10-17-2/h3-6,15H,7-10H2,1-2H3/b6-5+. The highest BCUT2D eigenvalue weighted by molar-refractivity contribution is 7.12. The number of thiophene rings is 1. The average molecular weight is 269 g/mol. The molecule has 0 fully saturated rings. The van der Waals surface area contributed by atoms with E-state index in [1.54, 1.807) is 29.4 Å². The van der Waals surface area contributed by atoms with Crippen LogP contribution in [0.3, 0.4) is 0 Å². The highest BCUT2D eigenvalue weighted by atomic mass is 32.1. The molecule has 4 nitrogen and oxygen atoms in total. The van der Waals surface area contributed by atoms with Crippen molar-refractivity contribution in [1.29, 1.82) is 0 Å². The number of carbonyl (C=O) groups is 1. The van der Waals surface area contributed by atoms with Gasteiger partial charge in [0.25, 0.3) is 0 Å². The molecule has 0 aliphatic heterocycles. The zero-order valence-electron chi connectivity index (χ0n) is 10.8. The maximum absolute atomic E-state index is 11.9. The molecule has 1 aromatic rings. The minimum Gasteiger partial charge on any atom is -0.395 e. The van der Waals surface area contributed by atoms with Crippen LogP contribution < -0.4 is 0 Å². The number of methoxy groups -OCH3 is 1. The summed E-state index contributed by atoms with van der Waals surface area (Å²) in [5.74, 6) is -0.104. The zero-order chi connectivity index (χ0) is 13.4. The largest absolute Gasteiger partial charge is 0.395 e. The summed E-state index contributed by atoms with van der Waals surface area (Å²) < 4.78 is 4.94. The Morgan fingerprint density at radius 2 is 2.28 bits per heavy atom. The second-order valence-corrected chi connectivity index (χ2v) is 5.14. The van der Waals surface area contributed by atoms with Gasteiger partial charge in [0, 0.05) is 36.0 Å². The molecule has 0 radical (unpaired) electrons. The molecule has 100 valence electrons. The summed E-state index contributed by atoms with van der Waals surface area (Å²) in [4.78, 5) is 15.7. The van der Waals surface area contributed by atoms with Gasteiger partial charge in [-0.15, -0.1) is 11.3 Å². The molecule has 18 heavy (non-hydrogen) atoms. The van der Waals surface area contributed by atoms with Crippen LogP contribution in [-0.2, 0) is 9.53 Å². The predicted molar refractivity (Wildman–Crippen MR) is 73.6 cm³/mol. The van der Waals surface area contributed by atoms with Crippen molar-refractivity contribution < 1.29 is 14.6 Å². The third-order valence-electron chi connectivity index (χ3n) is 2.40. The first-order chi connectivity index (χ1) is 8.67. The summed E-state index contributed by atoms with van der Waals surface area (Å²) in [5.41, 5.74) is 0. The first-order valence-corrected chi connectivity index (χ1v) is 6.62. The first-order valence-electron chi connectivity index (χ1n) is 5.80. The van der Waals surface area contributed by atoms with E-state index in [1.807, 2.05) is 19.1 Å². The fourth-order valence-electron chi connectivity index (χ4n) is 1.46. The van der Waals surface area contributed by atoms with Gasteiger partial charge >= 0.3 is 0 Å². The minimum atomic E-state index is -0.104. The van der Waals surface area contributed by atoms with E-state index in [-0.39, 0.29) is 12.5 Å². The number of rotatable bonds is 7. The number of carbonyl (C=O) groups excluding carboxylic acids is 1. The predicted octanol–water partition coefficient (Wildman–Crippen LogP) is 1.54. The molecule has 0 aliphatic carbocycles.